The summed E-state index contributed by atoms with van der Waals surface area (Å²) in [5.74, 6) is 1.26. The van der Waals surface area contributed by atoms with Crippen molar-refractivity contribution in [3.05, 3.63) is 65.5 Å². The summed E-state index contributed by atoms with van der Waals surface area (Å²) in [4.78, 5) is 14.6. The molecule has 4 nitrogen and oxygen atoms in total. The van der Waals surface area contributed by atoms with Gasteiger partial charge in [0, 0.05) is 6.07 Å². The van der Waals surface area contributed by atoms with Crippen LogP contribution in [-0.2, 0) is 4.79 Å². The van der Waals surface area contributed by atoms with Gasteiger partial charge in [0.15, 0.2) is 4.32 Å². The fraction of sp³-hybridized carbons (Fsp3) is 0.0588. The number of amides is 1. The molecule has 1 aliphatic heterocycles. The number of methoxy groups -OCH3 is 1. The average Bonchev–Trinajstić information content (AvgIpc) is 3.16. The third-order valence-electron chi connectivity index (χ3n) is 3.16. The molecule has 1 aliphatic rings. The lowest BCUT2D eigenvalue weighted by Crippen LogP contribution is -2.27. The molecular formula is C17H13NO3S2. The van der Waals surface area contributed by atoms with E-state index in [2.05, 4.69) is 0 Å². The van der Waals surface area contributed by atoms with Crippen molar-refractivity contribution in [2.24, 2.45) is 0 Å². The minimum Gasteiger partial charge on any atom is -0.497 e. The van der Waals surface area contributed by atoms with Gasteiger partial charge in [-0.1, -0.05) is 36.1 Å². The zero-order valence-corrected chi connectivity index (χ0v) is 13.9. The normalized spacial score (nSPS) is 16.7. The first-order valence-electron chi connectivity index (χ1n) is 6.81. The van der Waals surface area contributed by atoms with Crippen molar-refractivity contribution in [2.45, 2.75) is 0 Å². The Morgan fingerprint density at radius 3 is 2.91 bits per heavy atom. The lowest BCUT2D eigenvalue weighted by Gasteiger charge is -2.15. The fourth-order valence-corrected chi connectivity index (χ4v) is 3.32. The summed E-state index contributed by atoms with van der Waals surface area (Å²) >= 11 is 6.60. The molecule has 0 atom stereocenters. The van der Waals surface area contributed by atoms with Crippen LogP contribution in [-0.4, -0.2) is 17.3 Å². The Bertz CT molecular complexity index is 794. The molecule has 1 amide bonds. The molecule has 3 rings (SSSR count). The Morgan fingerprint density at radius 1 is 1.30 bits per heavy atom. The first kappa shape index (κ1) is 15.6. The predicted molar refractivity (Wildman–Crippen MR) is 96.5 cm³/mol. The molecule has 1 aromatic heterocycles. The minimum absolute atomic E-state index is 0.141. The van der Waals surface area contributed by atoms with Gasteiger partial charge in [0.25, 0.3) is 5.91 Å². The maximum absolute atomic E-state index is 12.6. The zero-order valence-electron chi connectivity index (χ0n) is 12.3. The van der Waals surface area contributed by atoms with Crippen molar-refractivity contribution in [2.75, 3.05) is 12.0 Å². The van der Waals surface area contributed by atoms with Gasteiger partial charge in [-0.2, -0.15) is 0 Å². The fourth-order valence-electron chi connectivity index (χ4n) is 2.07. The van der Waals surface area contributed by atoms with Crippen LogP contribution in [0.5, 0.6) is 5.75 Å². The number of thioether (sulfide) groups is 1. The molecule has 0 bridgehead atoms. The van der Waals surface area contributed by atoms with Crippen molar-refractivity contribution >= 4 is 46.0 Å². The summed E-state index contributed by atoms with van der Waals surface area (Å²) in [5.41, 5.74) is 0.699. The van der Waals surface area contributed by atoms with E-state index >= 15 is 0 Å². The highest BCUT2D eigenvalue weighted by Gasteiger charge is 2.33. The number of hydrogen-bond acceptors (Lipinski definition) is 5. The van der Waals surface area contributed by atoms with E-state index in [0.29, 0.717) is 20.7 Å². The van der Waals surface area contributed by atoms with Gasteiger partial charge in [-0.25, -0.2) is 0 Å². The van der Waals surface area contributed by atoms with Crippen LogP contribution in [0.1, 0.15) is 5.76 Å². The summed E-state index contributed by atoms with van der Waals surface area (Å²) in [7, 11) is 1.59. The summed E-state index contributed by atoms with van der Waals surface area (Å²) in [6.07, 6.45) is 6.90. The van der Waals surface area contributed by atoms with Crippen LogP contribution >= 0.6 is 24.0 Å². The first-order valence-corrected chi connectivity index (χ1v) is 8.03. The van der Waals surface area contributed by atoms with Gasteiger partial charge < -0.3 is 9.15 Å². The number of allylic oxidation sites excluding steroid dienone is 2. The molecule has 1 aromatic carbocycles. The Morgan fingerprint density at radius 2 is 2.17 bits per heavy atom. The Kier molecular flexibility index (Phi) is 4.64. The standard InChI is InChI=1S/C17H13NO3S2/c1-20-14-7-2-5-12(11-14)18-16(19)15(23-17(18)22)9-3-6-13-8-4-10-21-13/h2-11H,1H3/b6-3+,15-9-. The molecule has 2 heterocycles. The number of nitrogens with zero attached hydrogens (tertiary/aromatic N) is 1. The topological polar surface area (TPSA) is 42.7 Å². The molecule has 0 aliphatic carbocycles. The van der Waals surface area contributed by atoms with Crippen molar-refractivity contribution in [1.82, 2.24) is 0 Å². The number of carbonyl (C=O) groups is 1. The summed E-state index contributed by atoms with van der Waals surface area (Å²) in [5, 5.41) is 0. The van der Waals surface area contributed by atoms with Crippen LogP contribution < -0.4 is 9.64 Å². The number of carbonyl (C=O) groups excluding carboxylic acids is 1. The van der Waals surface area contributed by atoms with Crippen molar-refractivity contribution in [3.8, 4) is 5.75 Å². The van der Waals surface area contributed by atoms with Crippen LogP contribution in [0, 0.1) is 0 Å². The van der Waals surface area contributed by atoms with E-state index in [9.17, 15) is 4.79 Å². The van der Waals surface area contributed by atoms with E-state index in [-0.39, 0.29) is 5.91 Å². The second-order valence-electron chi connectivity index (χ2n) is 4.62. The number of rotatable bonds is 4. The summed E-state index contributed by atoms with van der Waals surface area (Å²) < 4.78 is 10.9. The van der Waals surface area contributed by atoms with Crippen LogP contribution in [0.3, 0.4) is 0 Å². The molecule has 1 fully saturated rings. The summed E-state index contributed by atoms with van der Waals surface area (Å²) in [6.45, 7) is 0. The third kappa shape index (κ3) is 3.38. The highest BCUT2D eigenvalue weighted by Crippen LogP contribution is 2.35. The van der Waals surface area contributed by atoms with E-state index < -0.39 is 0 Å². The van der Waals surface area contributed by atoms with Gasteiger partial charge in [-0.3, -0.25) is 9.69 Å². The van der Waals surface area contributed by atoms with E-state index in [1.807, 2.05) is 30.3 Å². The quantitative estimate of drug-likeness (QED) is 0.613. The second-order valence-corrected chi connectivity index (χ2v) is 6.29. The number of ether oxygens (including phenoxy) is 1. The molecule has 0 unspecified atom stereocenters. The van der Waals surface area contributed by atoms with Crippen LogP contribution in [0.25, 0.3) is 6.08 Å². The molecule has 0 N–H and O–H groups in total. The zero-order chi connectivity index (χ0) is 16.2. The van der Waals surface area contributed by atoms with Crippen LogP contribution in [0.4, 0.5) is 5.69 Å². The predicted octanol–water partition coefficient (Wildman–Crippen LogP) is 4.25. The molecule has 0 spiro atoms. The third-order valence-corrected chi connectivity index (χ3v) is 4.48. The molecule has 1 saturated heterocycles. The highest BCUT2D eigenvalue weighted by molar-refractivity contribution is 8.27. The molecule has 6 heteroatoms. The van der Waals surface area contributed by atoms with E-state index in [1.54, 1.807) is 37.7 Å². The smallest absolute Gasteiger partial charge is 0.270 e. The number of anilines is 1. The van der Waals surface area contributed by atoms with Crippen molar-refractivity contribution in [1.29, 1.82) is 0 Å². The average molecular weight is 343 g/mol. The van der Waals surface area contributed by atoms with Crippen molar-refractivity contribution in [3.63, 3.8) is 0 Å². The molecule has 2 aromatic rings. The molecule has 116 valence electrons. The van der Waals surface area contributed by atoms with Gasteiger partial charge in [-0.15, -0.1) is 0 Å². The Balaban J connectivity index is 1.82. The number of benzene rings is 1. The second kappa shape index (κ2) is 6.85. The Labute approximate surface area is 143 Å². The number of thiocarbonyl (C=S) groups is 1. The number of furan rings is 1. The maximum atomic E-state index is 12.6. The van der Waals surface area contributed by atoms with Gasteiger partial charge in [0.05, 0.1) is 24.0 Å². The van der Waals surface area contributed by atoms with E-state index in [4.69, 9.17) is 21.4 Å². The van der Waals surface area contributed by atoms with Crippen LogP contribution in [0.15, 0.2) is 64.1 Å². The molecule has 0 radical (unpaired) electrons. The molecule has 23 heavy (non-hydrogen) atoms. The van der Waals surface area contributed by atoms with Gasteiger partial charge in [0.1, 0.15) is 11.5 Å². The lowest BCUT2D eigenvalue weighted by atomic mass is 10.2. The van der Waals surface area contributed by atoms with Gasteiger partial charge >= 0.3 is 0 Å². The minimum atomic E-state index is -0.141. The monoisotopic (exact) mass is 343 g/mol. The molecular weight excluding hydrogens is 330 g/mol. The number of hydrogen-bond donors (Lipinski definition) is 0. The van der Waals surface area contributed by atoms with Crippen LogP contribution in [0.2, 0.25) is 0 Å². The Hall–Kier alpha value is -2.31. The molecule has 0 saturated carbocycles. The largest absolute Gasteiger partial charge is 0.497 e. The highest BCUT2D eigenvalue weighted by atomic mass is 32.2. The summed E-state index contributed by atoms with van der Waals surface area (Å²) in [6, 6.07) is 10.9. The van der Waals surface area contributed by atoms with E-state index in [1.165, 1.54) is 16.7 Å². The van der Waals surface area contributed by atoms with Crippen molar-refractivity contribution < 1.29 is 13.9 Å². The first-order chi connectivity index (χ1) is 11.2. The lowest BCUT2D eigenvalue weighted by molar-refractivity contribution is -0.113. The van der Waals surface area contributed by atoms with E-state index in [0.717, 1.165) is 5.76 Å². The maximum Gasteiger partial charge on any atom is 0.270 e. The SMILES string of the molecule is COc1cccc(N2C(=O)/C(=C/C=C/c3ccco3)SC2=S)c1. The van der Waals surface area contributed by atoms with Gasteiger partial charge in [-0.05, 0) is 36.4 Å². The van der Waals surface area contributed by atoms with Gasteiger partial charge in [0.2, 0.25) is 0 Å².